The van der Waals surface area contributed by atoms with Crippen LogP contribution in [0.25, 0.3) is 10.8 Å². The first kappa shape index (κ1) is 24.1. The van der Waals surface area contributed by atoms with Gasteiger partial charge in [-0.25, -0.2) is 13.4 Å². The molecule has 2 aliphatic heterocycles. The van der Waals surface area contributed by atoms with Gasteiger partial charge >= 0.3 is 0 Å². The minimum Gasteiger partial charge on any atom is -0.272 e. The highest BCUT2D eigenvalue weighted by Crippen LogP contribution is 2.29. The third-order valence-electron chi connectivity index (χ3n) is 6.67. The lowest BCUT2D eigenvalue weighted by molar-refractivity contribution is -0.152. The van der Waals surface area contributed by atoms with Gasteiger partial charge in [-0.3, -0.25) is 14.8 Å². The molecule has 0 radical (unpaired) electrons. The fraction of sp³-hybridized carbons (Fsp3) is 0.360. The summed E-state index contributed by atoms with van der Waals surface area (Å²) in [6.45, 7) is 2.61. The monoisotopic (exact) mass is 513 g/mol. The van der Waals surface area contributed by atoms with Crippen LogP contribution < -0.4 is 5.53 Å². The molecule has 0 spiro atoms. The van der Waals surface area contributed by atoms with E-state index in [4.69, 9.17) is 11.6 Å². The Morgan fingerprint density at radius 2 is 1.86 bits per heavy atom. The van der Waals surface area contributed by atoms with Crippen molar-refractivity contribution in [3.05, 3.63) is 71.5 Å². The number of hydrogen-bond donors (Lipinski definition) is 1. The van der Waals surface area contributed by atoms with Crippen LogP contribution in [0.15, 0.2) is 65.7 Å². The van der Waals surface area contributed by atoms with Gasteiger partial charge in [0.1, 0.15) is 0 Å². The summed E-state index contributed by atoms with van der Waals surface area (Å²) in [7, 11) is -3.84. The Labute approximate surface area is 210 Å². The third-order valence-corrected chi connectivity index (χ3v) is 8.71. The minimum atomic E-state index is -3.84. The maximum Gasteiger partial charge on any atom is 0.253 e. The van der Waals surface area contributed by atoms with E-state index in [0.29, 0.717) is 5.02 Å². The lowest BCUT2D eigenvalue weighted by Gasteiger charge is -2.44. The highest BCUT2D eigenvalue weighted by atomic mass is 35.5. The molecule has 0 saturated carbocycles. The number of carbonyl (C=O) groups is 1. The predicted octanol–water partition coefficient (Wildman–Crippen LogP) is 3.76. The van der Waals surface area contributed by atoms with Crippen molar-refractivity contribution in [1.29, 1.82) is 0 Å². The van der Waals surface area contributed by atoms with E-state index in [1.165, 1.54) is 4.31 Å². The number of sulfonamides is 1. The lowest BCUT2D eigenvalue weighted by atomic mass is 10.0. The van der Waals surface area contributed by atoms with Crippen LogP contribution in [0.5, 0.6) is 0 Å². The van der Waals surface area contributed by atoms with Gasteiger partial charge in [0, 0.05) is 24.3 Å². The standard InChI is InChI=1S/C25H28ClN5O3S/c1-18-16-29(35(33,34)22-11-9-19-14-21(26)10-8-20(19)15-22)17-25(32)31(18)28-30-13-5-3-7-24(30)23-6-2-4-12-27-23/h2,4,6,8-12,14-15,18,24,28H,3,5,7,13,16-17H2,1H3. The third kappa shape index (κ3) is 4.92. The number of fused-ring (bicyclic) bond motifs is 1. The number of nitrogens with zero attached hydrogens (tertiary/aromatic N) is 4. The molecular formula is C25H28ClN5O3S. The number of aromatic nitrogens is 1. The summed E-state index contributed by atoms with van der Waals surface area (Å²) in [5, 5.41) is 5.85. The summed E-state index contributed by atoms with van der Waals surface area (Å²) in [4.78, 5) is 17.8. The Balaban J connectivity index is 1.32. The van der Waals surface area contributed by atoms with E-state index in [2.05, 4.69) is 15.5 Å². The molecule has 1 aromatic heterocycles. The molecule has 1 N–H and O–H groups in total. The first-order valence-electron chi connectivity index (χ1n) is 11.8. The summed E-state index contributed by atoms with van der Waals surface area (Å²) < 4.78 is 28.1. The highest BCUT2D eigenvalue weighted by molar-refractivity contribution is 7.89. The summed E-state index contributed by atoms with van der Waals surface area (Å²) in [6.07, 6.45) is 4.82. The number of benzene rings is 2. The minimum absolute atomic E-state index is 0.0535. The van der Waals surface area contributed by atoms with E-state index in [-0.39, 0.29) is 36.0 Å². The summed E-state index contributed by atoms with van der Waals surface area (Å²) in [6, 6.07) is 15.8. The van der Waals surface area contributed by atoms with Crippen molar-refractivity contribution in [3.63, 3.8) is 0 Å². The maximum absolute atomic E-state index is 13.4. The number of hydrogen-bond acceptors (Lipinski definition) is 6. The van der Waals surface area contributed by atoms with Gasteiger partial charge in [0.15, 0.2) is 0 Å². The van der Waals surface area contributed by atoms with Crippen molar-refractivity contribution < 1.29 is 13.2 Å². The number of amides is 1. The molecule has 5 rings (SSSR count). The molecule has 2 atom stereocenters. The number of rotatable bonds is 5. The largest absolute Gasteiger partial charge is 0.272 e. The number of piperidine rings is 1. The zero-order valence-corrected chi connectivity index (χ0v) is 21.0. The molecule has 2 aromatic carbocycles. The molecule has 10 heteroatoms. The van der Waals surface area contributed by atoms with E-state index in [0.717, 1.165) is 42.3 Å². The lowest BCUT2D eigenvalue weighted by Crippen LogP contribution is -2.65. The molecule has 2 fully saturated rings. The number of carbonyl (C=O) groups excluding carboxylic acids is 1. The molecule has 0 aliphatic carbocycles. The zero-order valence-electron chi connectivity index (χ0n) is 19.5. The Morgan fingerprint density at radius 1 is 1.06 bits per heavy atom. The molecular weight excluding hydrogens is 486 g/mol. The SMILES string of the molecule is CC1CN(S(=O)(=O)c2ccc3cc(Cl)ccc3c2)CC(=O)N1NN1CCCCC1c1ccccn1. The van der Waals surface area contributed by atoms with Crippen molar-refractivity contribution in [3.8, 4) is 0 Å². The van der Waals surface area contributed by atoms with Gasteiger partial charge in [-0.15, -0.1) is 0 Å². The second-order valence-corrected chi connectivity index (χ2v) is 11.5. The number of pyridine rings is 1. The zero-order chi connectivity index (χ0) is 24.6. The van der Waals surface area contributed by atoms with Crippen LogP contribution in [0.4, 0.5) is 0 Å². The van der Waals surface area contributed by atoms with Gasteiger partial charge in [-0.2, -0.15) is 9.84 Å². The van der Waals surface area contributed by atoms with Crippen LogP contribution >= 0.6 is 11.6 Å². The van der Waals surface area contributed by atoms with E-state index in [1.807, 2.05) is 25.1 Å². The highest BCUT2D eigenvalue weighted by Gasteiger charge is 2.38. The fourth-order valence-electron chi connectivity index (χ4n) is 4.83. The van der Waals surface area contributed by atoms with Gasteiger partial charge < -0.3 is 0 Å². The first-order chi connectivity index (χ1) is 16.8. The van der Waals surface area contributed by atoms with Crippen molar-refractivity contribution in [2.75, 3.05) is 19.6 Å². The summed E-state index contributed by atoms with van der Waals surface area (Å²) >= 11 is 6.05. The molecule has 184 valence electrons. The number of halogens is 1. The maximum atomic E-state index is 13.4. The molecule has 2 saturated heterocycles. The van der Waals surface area contributed by atoms with Crippen LogP contribution in [0.1, 0.15) is 37.9 Å². The van der Waals surface area contributed by atoms with Crippen LogP contribution in [-0.2, 0) is 14.8 Å². The van der Waals surface area contributed by atoms with Crippen molar-refractivity contribution in [2.24, 2.45) is 0 Å². The first-order valence-corrected chi connectivity index (χ1v) is 13.6. The number of piperazine rings is 1. The van der Waals surface area contributed by atoms with Crippen LogP contribution in [0, 0.1) is 0 Å². The normalized spacial score (nSPS) is 22.6. The molecule has 1 amide bonds. The smallest absolute Gasteiger partial charge is 0.253 e. The topological polar surface area (TPSA) is 85.8 Å². The van der Waals surface area contributed by atoms with Crippen LogP contribution in [0.3, 0.4) is 0 Å². The van der Waals surface area contributed by atoms with Crippen molar-refractivity contribution in [2.45, 2.75) is 43.2 Å². The fourth-order valence-corrected chi connectivity index (χ4v) is 6.51. The second-order valence-electron chi connectivity index (χ2n) is 9.12. The van der Waals surface area contributed by atoms with Crippen molar-refractivity contribution in [1.82, 2.24) is 24.8 Å². The number of nitrogens with one attached hydrogen (secondary N) is 1. The Kier molecular flexibility index (Phi) is 6.78. The Bertz CT molecular complexity index is 1340. The van der Waals surface area contributed by atoms with Gasteiger partial charge in [0.05, 0.1) is 29.2 Å². The second kappa shape index (κ2) is 9.83. The summed E-state index contributed by atoms with van der Waals surface area (Å²) in [5.41, 5.74) is 4.25. The van der Waals surface area contributed by atoms with E-state index in [1.54, 1.807) is 47.6 Å². The average Bonchev–Trinajstić information content (AvgIpc) is 2.86. The van der Waals surface area contributed by atoms with Gasteiger partial charge in [0.2, 0.25) is 10.0 Å². The molecule has 2 unspecified atom stereocenters. The van der Waals surface area contributed by atoms with Gasteiger partial charge in [-0.05, 0) is 66.9 Å². The van der Waals surface area contributed by atoms with Gasteiger partial charge in [0.25, 0.3) is 5.91 Å². The molecule has 2 aliphatic rings. The van der Waals surface area contributed by atoms with E-state index in [9.17, 15) is 13.2 Å². The Morgan fingerprint density at radius 3 is 2.63 bits per heavy atom. The predicted molar refractivity (Wildman–Crippen MR) is 135 cm³/mol. The Hall–Kier alpha value is -2.56. The molecule has 35 heavy (non-hydrogen) atoms. The average molecular weight is 514 g/mol. The van der Waals surface area contributed by atoms with E-state index < -0.39 is 10.0 Å². The molecule has 3 aromatic rings. The molecule has 0 bridgehead atoms. The quantitative estimate of drug-likeness (QED) is 0.559. The summed E-state index contributed by atoms with van der Waals surface area (Å²) in [5.74, 6) is -0.287. The van der Waals surface area contributed by atoms with Crippen LogP contribution in [-0.4, -0.2) is 59.3 Å². The van der Waals surface area contributed by atoms with Gasteiger partial charge in [-0.1, -0.05) is 36.2 Å². The van der Waals surface area contributed by atoms with Crippen LogP contribution in [0.2, 0.25) is 5.02 Å². The van der Waals surface area contributed by atoms with E-state index >= 15 is 0 Å². The molecule has 3 heterocycles. The molecule has 8 nitrogen and oxygen atoms in total. The van der Waals surface area contributed by atoms with Crippen molar-refractivity contribution >= 4 is 38.3 Å². The number of hydrazine groups is 2.